The van der Waals surface area contributed by atoms with E-state index >= 15 is 0 Å². The molecular weight excluding hydrogens is 256 g/mol. The highest BCUT2D eigenvalue weighted by molar-refractivity contribution is 9.10. The first-order valence-electron chi connectivity index (χ1n) is 5.29. The molecule has 1 aromatic rings. The van der Waals surface area contributed by atoms with Gasteiger partial charge in [-0.3, -0.25) is 0 Å². The van der Waals surface area contributed by atoms with Gasteiger partial charge in [0.15, 0.2) is 0 Å². The van der Waals surface area contributed by atoms with E-state index in [4.69, 9.17) is 4.74 Å². The highest BCUT2D eigenvalue weighted by Gasteiger charge is 2.31. The van der Waals surface area contributed by atoms with Crippen molar-refractivity contribution in [2.75, 3.05) is 6.61 Å². The number of rotatable bonds is 3. The molecule has 0 aliphatic heterocycles. The third kappa shape index (κ3) is 2.95. The molecule has 1 fully saturated rings. The molecule has 0 unspecified atom stereocenters. The molecule has 15 heavy (non-hydrogen) atoms. The zero-order valence-electron chi connectivity index (χ0n) is 8.58. The van der Waals surface area contributed by atoms with E-state index in [1.807, 2.05) is 24.3 Å². The number of hydrogen-bond donors (Lipinski definition) is 1. The molecule has 0 heterocycles. The minimum atomic E-state index is -0.590. The van der Waals surface area contributed by atoms with E-state index in [9.17, 15) is 5.11 Å². The molecule has 0 radical (unpaired) electrons. The summed E-state index contributed by atoms with van der Waals surface area (Å²) in [4.78, 5) is 0. The molecule has 1 aromatic carbocycles. The Morgan fingerprint density at radius 1 is 1.20 bits per heavy atom. The van der Waals surface area contributed by atoms with Crippen LogP contribution in [-0.2, 0) is 0 Å². The molecule has 0 aromatic heterocycles. The van der Waals surface area contributed by atoms with Crippen molar-refractivity contribution >= 4 is 15.9 Å². The third-order valence-electron chi connectivity index (χ3n) is 2.86. The predicted octanol–water partition coefficient (Wildman–Crippen LogP) is 3.13. The number of benzene rings is 1. The van der Waals surface area contributed by atoms with Crippen LogP contribution in [0.15, 0.2) is 28.7 Å². The Kier molecular flexibility index (Phi) is 3.32. The summed E-state index contributed by atoms with van der Waals surface area (Å²) < 4.78 is 6.61. The van der Waals surface area contributed by atoms with Crippen LogP contribution in [-0.4, -0.2) is 17.3 Å². The zero-order valence-corrected chi connectivity index (χ0v) is 10.2. The van der Waals surface area contributed by atoms with E-state index in [1.54, 1.807) is 0 Å². The van der Waals surface area contributed by atoms with Gasteiger partial charge in [0.1, 0.15) is 12.4 Å². The first kappa shape index (κ1) is 11.0. The molecule has 0 saturated heterocycles. The topological polar surface area (TPSA) is 29.5 Å². The van der Waals surface area contributed by atoms with Gasteiger partial charge in [-0.05, 0) is 37.1 Å². The number of halogens is 1. The van der Waals surface area contributed by atoms with E-state index in [0.717, 1.165) is 35.9 Å². The molecule has 2 nitrogen and oxygen atoms in total. The minimum Gasteiger partial charge on any atom is -0.491 e. The van der Waals surface area contributed by atoms with Gasteiger partial charge in [0.05, 0.1) is 5.60 Å². The second-order valence-electron chi connectivity index (χ2n) is 4.17. The van der Waals surface area contributed by atoms with Crippen molar-refractivity contribution in [3.8, 4) is 5.75 Å². The number of ether oxygens (including phenoxy) is 1. The summed E-state index contributed by atoms with van der Waals surface area (Å²) in [6.07, 6.45) is 3.95. The van der Waals surface area contributed by atoms with Crippen molar-refractivity contribution in [2.45, 2.75) is 31.3 Å². The van der Waals surface area contributed by atoms with Crippen LogP contribution in [0.3, 0.4) is 0 Å². The normalized spacial score (nSPS) is 19.1. The smallest absolute Gasteiger partial charge is 0.119 e. The lowest BCUT2D eigenvalue weighted by Crippen LogP contribution is -2.32. The van der Waals surface area contributed by atoms with Gasteiger partial charge in [-0.1, -0.05) is 28.8 Å². The van der Waals surface area contributed by atoms with Crippen LogP contribution in [0.2, 0.25) is 0 Å². The molecule has 1 aliphatic carbocycles. The maximum atomic E-state index is 10.1. The number of hydrogen-bond acceptors (Lipinski definition) is 2. The standard InChI is InChI=1S/C12H15BrO2/c13-10-3-5-11(6-4-10)15-9-12(14)7-1-2-8-12/h3-6,14H,1-2,7-9H2. The molecule has 2 rings (SSSR count). The van der Waals surface area contributed by atoms with E-state index in [-0.39, 0.29) is 0 Å². The average Bonchev–Trinajstić information content (AvgIpc) is 2.65. The molecule has 82 valence electrons. The van der Waals surface area contributed by atoms with Crippen molar-refractivity contribution < 1.29 is 9.84 Å². The molecule has 0 spiro atoms. The van der Waals surface area contributed by atoms with Crippen LogP contribution in [0.4, 0.5) is 0 Å². The third-order valence-corrected chi connectivity index (χ3v) is 3.38. The fourth-order valence-electron chi connectivity index (χ4n) is 1.93. The van der Waals surface area contributed by atoms with Crippen LogP contribution in [0, 0.1) is 0 Å². The van der Waals surface area contributed by atoms with E-state index in [1.165, 1.54) is 0 Å². The first-order valence-corrected chi connectivity index (χ1v) is 6.08. The lowest BCUT2D eigenvalue weighted by Gasteiger charge is -2.22. The lowest BCUT2D eigenvalue weighted by atomic mass is 10.0. The summed E-state index contributed by atoms with van der Waals surface area (Å²) in [7, 11) is 0. The summed E-state index contributed by atoms with van der Waals surface area (Å²) >= 11 is 3.37. The molecule has 0 atom stereocenters. The minimum absolute atomic E-state index is 0.411. The Balaban J connectivity index is 1.90. The van der Waals surface area contributed by atoms with Gasteiger partial charge in [-0.2, -0.15) is 0 Å². The second-order valence-corrected chi connectivity index (χ2v) is 5.09. The first-order chi connectivity index (χ1) is 7.18. The maximum absolute atomic E-state index is 10.1. The fraction of sp³-hybridized carbons (Fsp3) is 0.500. The van der Waals surface area contributed by atoms with Crippen LogP contribution < -0.4 is 4.74 Å². The molecule has 1 saturated carbocycles. The summed E-state index contributed by atoms with van der Waals surface area (Å²) in [5, 5.41) is 10.1. The molecular formula is C12H15BrO2. The van der Waals surface area contributed by atoms with Crippen molar-refractivity contribution in [1.29, 1.82) is 0 Å². The van der Waals surface area contributed by atoms with Gasteiger partial charge in [0.2, 0.25) is 0 Å². The summed E-state index contributed by atoms with van der Waals surface area (Å²) in [6, 6.07) is 7.69. The van der Waals surface area contributed by atoms with Gasteiger partial charge in [-0.25, -0.2) is 0 Å². The maximum Gasteiger partial charge on any atom is 0.119 e. The molecule has 1 N–H and O–H groups in total. The highest BCUT2D eigenvalue weighted by Crippen LogP contribution is 2.30. The Morgan fingerprint density at radius 2 is 1.80 bits per heavy atom. The SMILES string of the molecule is OC1(COc2ccc(Br)cc2)CCCC1. The van der Waals surface area contributed by atoms with Gasteiger partial charge in [-0.15, -0.1) is 0 Å². The summed E-state index contributed by atoms with van der Waals surface area (Å²) in [6.45, 7) is 0.411. The van der Waals surface area contributed by atoms with Crippen LogP contribution >= 0.6 is 15.9 Å². The molecule has 1 aliphatic rings. The van der Waals surface area contributed by atoms with E-state index < -0.39 is 5.60 Å². The molecule has 0 amide bonds. The predicted molar refractivity (Wildman–Crippen MR) is 63.1 cm³/mol. The Labute approximate surface area is 98.4 Å². The summed E-state index contributed by atoms with van der Waals surface area (Å²) in [5.41, 5.74) is -0.590. The molecule has 3 heteroatoms. The van der Waals surface area contributed by atoms with Crippen molar-refractivity contribution in [3.63, 3.8) is 0 Å². The molecule has 0 bridgehead atoms. The lowest BCUT2D eigenvalue weighted by molar-refractivity contribution is 0.00141. The van der Waals surface area contributed by atoms with Crippen molar-refractivity contribution in [3.05, 3.63) is 28.7 Å². The Bertz CT molecular complexity index is 315. The second kappa shape index (κ2) is 4.54. The highest BCUT2D eigenvalue weighted by atomic mass is 79.9. The Hall–Kier alpha value is -0.540. The number of aliphatic hydroxyl groups is 1. The van der Waals surface area contributed by atoms with Gasteiger partial charge in [0, 0.05) is 4.47 Å². The quantitative estimate of drug-likeness (QED) is 0.915. The fourth-order valence-corrected chi connectivity index (χ4v) is 2.19. The van der Waals surface area contributed by atoms with Gasteiger partial charge in [0.25, 0.3) is 0 Å². The van der Waals surface area contributed by atoms with E-state index in [2.05, 4.69) is 15.9 Å². The van der Waals surface area contributed by atoms with Crippen LogP contribution in [0.5, 0.6) is 5.75 Å². The summed E-state index contributed by atoms with van der Waals surface area (Å²) in [5.74, 6) is 0.818. The van der Waals surface area contributed by atoms with Crippen molar-refractivity contribution in [1.82, 2.24) is 0 Å². The van der Waals surface area contributed by atoms with Crippen LogP contribution in [0.1, 0.15) is 25.7 Å². The largest absolute Gasteiger partial charge is 0.491 e. The van der Waals surface area contributed by atoms with E-state index in [0.29, 0.717) is 6.61 Å². The van der Waals surface area contributed by atoms with Gasteiger partial charge >= 0.3 is 0 Å². The van der Waals surface area contributed by atoms with Crippen molar-refractivity contribution in [2.24, 2.45) is 0 Å². The van der Waals surface area contributed by atoms with Gasteiger partial charge < -0.3 is 9.84 Å². The Morgan fingerprint density at radius 3 is 2.40 bits per heavy atom. The monoisotopic (exact) mass is 270 g/mol. The zero-order chi connectivity index (χ0) is 10.7. The average molecular weight is 271 g/mol. The van der Waals surface area contributed by atoms with Crippen LogP contribution in [0.25, 0.3) is 0 Å².